The molecule has 0 aliphatic rings. The molecule has 1 atom stereocenters. The maximum Gasteiger partial charge on any atom is 0.0480 e. The van der Waals surface area contributed by atoms with Crippen LogP contribution in [-0.4, -0.2) is 25.8 Å². The second-order valence-electron chi connectivity index (χ2n) is 5.50. The topological polar surface area (TPSA) is 21.3 Å². The molecule has 2 heteroatoms. The Morgan fingerprint density at radius 1 is 0.789 bits per heavy atom. The second kappa shape index (κ2) is 16.0. The molecule has 0 aromatic carbocycles. The van der Waals surface area contributed by atoms with E-state index in [0.29, 0.717) is 6.04 Å². The largest absolute Gasteiger partial charge is 0.382 e. The van der Waals surface area contributed by atoms with Crippen molar-refractivity contribution in [3.05, 3.63) is 0 Å². The lowest BCUT2D eigenvalue weighted by atomic mass is 10.0. The van der Waals surface area contributed by atoms with Crippen molar-refractivity contribution in [2.45, 2.75) is 91.0 Å². The van der Waals surface area contributed by atoms with Gasteiger partial charge in [0, 0.05) is 19.3 Å². The Morgan fingerprint density at radius 3 is 2.00 bits per heavy atom. The average molecular weight is 271 g/mol. The first-order valence-corrected chi connectivity index (χ1v) is 8.66. The quantitative estimate of drug-likeness (QED) is 0.427. The van der Waals surface area contributed by atoms with Gasteiger partial charge < -0.3 is 10.1 Å². The minimum atomic E-state index is 0.664. The fourth-order valence-electron chi connectivity index (χ4n) is 2.53. The highest BCUT2D eigenvalue weighted by atomic mass is 16.5. The molecule has 1 N–H and O–H groups in total. The monoisotopic (exact) mass is 271 g/mol. The molecule has 0 aliphatic heterocycles. The molecule has 0 aromatic heterocycles. The summed E-state index contributed by atoms with van der Waals surface area (Å²) in [5.41, 5.74) is 0. The van der Waals surface area contributed by atoms with Crippen molar-refractivity contribution in [1.82, 2.24) is 5.32 Å². The second-order valence-corrected chi connectivity index (χ2v) is 5.50. The molecule has 0 saturated heterocycles. The molecule has 0 saturated carbocycles. The van der Waals surface area contributed by atoms with Crippen molar-refractivity contribution >= 4 is 0 Å². The van der Waals surface area contributed by atoms with Crippen molar-refractivity contribution in [3.8, 4) is 0 Å². The van der Waals surface area contributed by atoms with Crippen LogP contribution in [0.1, 0.15) is 85.0 Å². The lowest BCUT2D eigenvalue weighted by Gasteiger charge is -2.17. The standard InChI is InChI=1S/C17H37NO/c1-4-7-8-9-10-11-12-13-14-17(18-5-2)15-16-19-6-3/h17-18H,4-16H2,1-3H3. The van der Waals surface area contributed by atoms with Gasteiger partial charge in [-0.1, -0.05) is 65.2 Å². The van der Waals surface area contributed by atoms with E-state index in [0.717, 1.165) is 26.2 Å². The van der Waals surface area contributed by atoms with E-state index in [4.69, 9.17) is 4.74 Å². The summed E-state index contributed by atoms with van der Waals surface area (Å²) in [4.78, 5) is 0. The molecule has 0 radical (unpaired) electrons. The van der Waals surface area contributed by atoms with Gasteiger partial charge in [-0.05, 0) is 26.3 Å². The molecule has 0 aliphatic carbocycles. The summed E-state index contributed by atoms with van der Waals surface area (Å²) in [6.45, 7) is 9.38. The number of ether oxygens (including phenoxy) is 1. The zero-order valence-electron chi connectivity index (χ0n) is 13.7. The van der Waals surface area contributed by atoms with Crippen LogP contribution in [0.25, 0.3) is 0 Å². The number of nitrogens with one attached hydrogen (secondary N) is 1. The summed E-state index contributed by atoms with van der Waals surface area (Å²) in [7, 11) is 0. The zero-order valence-corrected chi connectivity index (χ0v) is 13.7. The first-order valence-electron chi connectivity index (χ1n) is 8.66. The Labute approximate surface area is 121 Å². The first kappa shape index (κ1) is 18.9. The van der Waals surface area contributed by atoms with Gasteiger partial charge >= 0.3 is 0 Å². The molecule has 0 aromatic rings. The van der Waals surface area contributed by atoms with Gasteiger partial charge in [0.2, 0.25) is 0 Å². The van der Waals surface area contributed by atoms with Crippen LogP contribution in [0.5, 0.6) is 0 Å². The first-order chi connectivity index (χ1) is 9.35. The highest BCUT2D eigenvalue weighted by Gasteiger charge is 2.06. The maximum atomic E-state index is 5.45. The van der Waals surface area contributed by atoms with Gasteiger partial charge in [-0.2, -0.15) is 0 Å². The third-order valence-electron chi connectivity index (χ3n) is 3.71. The summed E-state index contributed by atoms with van der Waals surface area (Å²) in [5, 5.41) is 3.58. The van der Waals surface area contributed by atoms with E-state index in [9.17, 15) is 0 Å². The van der Waals surface area contributed by atoms with Crippen LogP contribution >= 0.6 is 0 Å². The number of hydrogen-bond donors (Lipinski definition) is 1. The van der Waals surface area contributed by atoms with Gasteiger partial charge in [0.15, 0.2) is 0 Å². The predicted octanol–water partition coefficient (Wildman–Crippen LogP) is 4.92. The van der Waals surface area contributed by atoms with Gasteiger partial charge in [-0.3, -0.25) is 0 Å². The highest BCUT2D eigenvalue weighted by Crippen LogP contribution is 2.11. The maximum absolute atomic E-state index is 5.45. The molecular formula is C17H37NO. The number of rotatable bonds is 15. The van der Waals surface area contributed by atoms with Crippen LogP contribution in [-0.2, 0) is 4.74 Å². The summed E-state index contributed by atoms with van der Waals surface area (Å²) in [6.07, 6.45) is 13.8. The minimum absolute atomic E-state index is 0.664. The molecule has 0 heterocycles. The summed E-state index contributed by atoms with van der Waals surface area (Å²) >= 11 is 0. The lowest BCUT2D eigenvalue weighted by Crippen LogP contribution is -2.30. The van der Waals surface area contributed by atoms with E-state index in [1.807, 2.05) is 0 Å². The van der Waals surface area contributed by atoms with Gasteiger partial charge in [0.05, 0.1) is 0 Å². The Kier molecular flexibility index (Phi) is 15.9. The molecule has 116 valence electrons. The van der Waals surface area contributed by atoms with Gasteiger partial charge in [0.25, 0.3) is 0 Å². The molecular weight excluding hydrogens is 234 g/mol. The third-order valence-corrected chi connectivity index (χ3v) is 3.71. The molecule has 1 unspecified atom stereocenters. The van der Waals surface area contributed by atoms with E-state index in [1.165, 1.54) is 57.8 Å². The van der Waals surface area contributed by atoms with E-state index in [1.54, 1.807) is 0 Å². The van der Waals surface area contributed by atoms with Gasteiger partial charge in [-0.15, -0.1) is 0 Å². The van der Waals surface area contributed by atoms with Crippen LogP contribution < -0.4 is 5.32 Å². The Bertz CT molecular complexity index is 161. The molecule has 0 rings (SSSR count). The summed E-state index contributed by atoms with van der Waals surface area (Å²) < 4.78 is 5.45. The summed E-state index contributed by atoms with van der Waals surface area (Å²) in [6, 6.07) is 0.664. The fraction of sp³-hybridized carbons (Fsp3) is 1.00. The van der Waals surface area contributed by atoms with Crippen LogP contribution in [0, 0.1) is 0 Å². The van der Waals surface area contributed by atoms with E-state index >= 15 is 0 Å². The highest BCUT2D eigenvalue weighted by molar-refractivity contribution is 4.66. The Balaban J connectivity index is 3.36. The van der Waals surface area contributed by atoms with Crippen molar-refractivity contribution in [1.29, 1.82) is 0 Å². The summed E-state index contributed by atoms with van der Waals surface area (Å²) in [5.74, 6) is 0. The minimum Gasteiger partial charge on any atom is -0.382 e. The van der Waals surface area contributed by atoms with Crippen molar-refractivity contribution in [2.24, 2.45) is 0 Å². The molecule has 0 bridgehead atoms. The van der Waals surface area contributed by atoms with E-state index < -0.39 is 0 Å². The van der Waals surface area contributed by atoms with Crippen LogP contribution in [0.3, 0.4) is 0 Å². The van der Waals surface area contributed by atoms with Crippen molar-refractivity contribution in [2.75, 3.05) is 19.8 Å². The molecule has 0 fully saturated rings. The molecule has 2 nitrogen and oxygen atoms in total. The van der Waals surface area contributed by atoms with Gasteiger partial charge in [-0.25, -0.2) is 0 Å². The predicted molar refractivity (Wildman–Crippen MR) is 85.8 cm³/mol. The molecule has 0 amide bonds. The fourth-order valence-corrected chi connectivity index (χ4v) is 2.53. The SMILES string of the molecule is CCCCCCCCCCC(CCOCC)NCC. The smallest absolute Gasteiger partial charge is 0.0480 e. The Hall–Kier alpha value is -0.0800. The van der Waals surface area contributed by atoms with Crippen molar-refractivity contribution in [3.63, 3.8) is 0 Å². The molecule has 0 spiro atoms. The average Bonchev–Trinajstić information content (AvgIpc) is 2.42. The van der Waals surface area contributed by atoms with E-state index in [-0.39, 0.29) is 0 Å². The third kappa shape index (κ3) is 14.1. The van der Waals surface area contributed by atoms with Crippen molar-refractivity contribution < 1.29 is 4.74 Å². The van der Waals surface area contributed by atoms with E-state index in [2.05, 4.69) is 26.1 Å². The van der Waals surface area contributed by atoms with Crippen LogP contribution in [0.2, 0.25) is 0 Å². The normalized spacial score (nSPS) is 12.8. The molecule has 19 heavy (non-hydrogen) atoms. The van der Waals surface area contributed by atoms with Gasteiger partial charge in [0.1, 0.15) is 0 Å². The number of unbranched alkanes of at least 4 members (excludes halogenated alkanes) is 7. The number of hydrogen-bond acceptors (Lipinski definition) is 2. The van der Waals surface area contributed by atoms with Crippen LogP contribution in [0.4, 0.5) is 0 Å². The Morgan fingerprint density at radius 2 is 1.42 bits per heavy atom. The zero-order chi connectivity index (χ0) is 14.2. The van der Waals surface area contributed by atoms with Crippen LogP contribution in [0.15, 0.2) is 0 Å². The lowest BCUT2D eigenvalue weighted by molar-refractivity contribution is 0.135.